The third-order valence-corrected chi connectivity index (χ3v) is 9.84. The fraction of sp³-hybridized carbons (Fsp3) is 0.436. The second-order valence-electron chi connectivity index (χ2n) is 15.7. The Labute approximate surface area is 279 Å². The molecule has 2 amide bonds. The van der Waals surface area contributed by atoms with Gasteiger partial charge in [-0.1, -0.05) is 91.8 Å². The van der Waals surface area contributed by atoms with E-state index in [9.17, 15) is 9.59 Å². The predicted molar refractivity (Wildman–Crippen MR) is 190 cm³/mol. The normalized spacial score (nSPS) is 17.4. The van der Waals surface area contributed by atoms with Gasteiger partial charge in [-0.25, -0.2) is 4.39 Å². The summed E-state index contributed by atoms with van der Waals surface area (Å²) >= 11 is 6.50. The van der Waals surface area contributed by atoms with Crippen molar-refractivity contribution in [1.82, 2.24) is 0 Å². The standard InChI is InChI=1S/C39H49ClFN3O2/c1-21-13-14-25(19-22(21)2)32-31(39(32,11)12)24(4)42-26-15-16-28(40)27(20-26)35(45)43-30-18-17-29(41)33(23(30)3)44-36(46)34(37(5,6)7)38(8,9)10/h13-20,31-32,34,42H,4H2,1-3,5-12H3,(H,43,45)(H,44,46)/t31-,32-/m0/s1. The van der Waals surface area contributed by atoms with Gasteiger partial charge in [0.1, 0.15) is 5.82 Å². The highest BCUT2D eigenvalue weighted by Crippen LogP contribution is 2.67. The summed E-state index contributed by atoms with van der Waals surface area (Å²) < 4.78 is 15.1. The van der Waals surface area contributed by atoms with E-state index in [1.54, 1.807) is 19.1 Å². The number of carbonyl (C=O) groups excluding carboxylic acids is 2. The smallest absolute Gasteiger partial charge is 0.257 e. The number of hydrogen-bond acceptors (Lipinski definition) is 3. The summed E-state index contributed by atoms with van der Waals surface area (Å²) in [6, 6.07) is 14.6. The lowest BCUT2D eigenvalue weighted by Gasteiger charge is -2.39. The number of carbonyl (C=O) groups is 2. The van der Waals surface area contributed by atoms with Gasteiger partial charge in [-0.2, -0.15) is 0 Å². The summed E-state index contributed by atoms with van der Waals surface area (Å²) in [5.74, 6) is -1.14. The van der Waals surface area contributed by atoms with Crippen LogP contribution in [0.25, 0.3) is 0 Å². The second kappa shape index (κ2) is 12.5. The average molecular weight is 646 g/mol. The maximum Gasteiger partial charge on any atom is 0.257 e. The number of nitrogens with one attached hydrogen (secondary N) is 3. The number of hydrogen-bond donors (Lipinski definition) is 3. The van der Waals surface area contributed by atoms with Crippen LogP contribution in [0.15, 0.2) is 60.8 Å². The molecule has 0 aromatic heterocycles. The molecule has 0 unspecified atom stereocenters. The maximum atomic E-state index is 15.1. The Morgan fingerprint density at radius 2 is 1.50 bits per heavy atom. The molecule has 5 nitrogen and oxygen atoms in total. The maximum absolute atomic E-state index is 15.1. The average Bonchev–Trinajstić information content (AvgIpc) is 3.50. The van der Waals surface area contributed by atoms with E-state index in [1.807, 2.05) is 47.6 Å². The molecule has 3 aromatic rings. The van der Waals surface area contributed by atoms with Gasteiger partial charge in [0.2, 0.25) is 5.91 Å². The van der Waals surface area contributed by atoms with Crippen LogP contribution >= 0.6 is 11.6 Å². The SMILES string of the molecule is C=C(Nc1ccc(Cl)c(C(=O)Nc2ccc(F)c(NC(=O)C(C(C)(C)C)C(C)(C)C)c2C)c1)[C@H]1[C@H](c2ccc(C)c(C)c2)C1(C)C. The van der Waals surface area contributed by atoms with E-state index < -0.39 is 17.6 Å². The van der Waals surface area contributed by atoms with E-state index in [4.69, 9.17) is 11.6 Å². The zero-order valence-corrected chi connectivity index (χ0v) is 29.9. The minimum atomic E-state index is -0.574. The molecule has 0 bridgehead atoms. The summed E-state index contributed by atoms with van der Waals surface area (Å²) in [7, 11) is 0. The molecular formula is C39H49ClFN3O2. The number of halogens is 2. The Morgan fingerprint density at radius 1 is 0.870 bits per heavy atom. The quantitative estimate of drug-likeness (QED) is 0.228. The molecule has 46 heavy (non-hydrogen) atoms. The van der Waals surface area contributed by atoms with E-state index in [1.165, 1.54) is 28.8 Å². The van der Waals surface area contributed by atoms with Crippen LogP contribution in [0.4, 0.5) is 21.5 Å². The summed E-state index contributed by atoms with van der Waals surface area (Å²) in [6.45, 7) is 26.8. The van der Waals surface area contributed by atoms with Crippen LogP contribution in [-0.2, 0) is 4.79 Å². The first-order chi connectivity index (χ1) is 21.1. The van der Waals surface area contributed by atoms with Crippen molar-refractivity contribution in [2.45, 2.75) is 82.1 Å². The molecule has 1 fully saturated rings. The van der Waals surface area contributed by atoms with Crippen molar-refractivity contribution in [3.63, 3.8) is 0 Å². The number of aryl methyl sites for hydroxylation is 2. The number of anilines is 3. The third kappa shape index (κ3) is 7.17. The van der Waals surface area contributed by atoms with Gasteiger partial charge in [-0.3, -0.25) is 9.59 Å². The monoisotopic (exact) mass is 645 g/mol. The van der Waals surface area contributed by atoms with Gasteiger partial charge >= 0.3 is 0 Å². The lowest BCUT2D eigenvalue weighted by Crippen LogP contribution is -2.42. The zero-order valence-electron chi connectivity index (χ0n) is 29.1. The van der Waals surface area contributed by atoms with Crippen molar-refractivity contribution in [2.24, 2.45) is 28.1 Å². The highest BCUT2D eigenvalue weighted by Gasteiger charge is 2.59. The third-order valence-electron chi connectivity index (χ3n) is 9.51. The molecule has 0 radical (unpaired) electrons. The van der Waals surface area contributed by atoms with Crippen LogP contribution in [0.2, 0.25) is 5.02 Å². The summed E-state index contributed by atoms with van der Waals surface area (Å²) in [5.41, 5.74) is 5.84. The van der Waals surface area contributed by atoms with E-state index >= 15 is 4.39 Å². The molecule has 0 heterocycles. The van der Waals surface area contributed by atoms with Crippen LogP contribution < -0.4 is 16.0 Å². The van der Waals surface area contributed by atoms with Crippen molar-refractivity contribution in [3.8, 4) is 0 Å². The van der Waals surface area contributed by atoms with E-state index in [-0.39, 0.29) is 44.3 Å². The molecule has 1 saturated carbocycles. The number of benzene rings is 3. The molecule has 4 rings (SSSR count). The lowest BCUT2D eigenvalue weighted by atomic mass is 9.66. The molecule has 7 heteroatoms. The molecule has 1 aliphatic carbocycles. The van der Waals surface area contributed by atoms with E-state index in [0.717, 1.165) is 5.70 Å². The van der Waals surface area contributed by atoms with Crippen molar-refractivity contribution < 1.29 is 14.0 Å². The van der Waals surface area contributed by atoms with Gasteiger partial charge < -0.3 is 16.0 Å². The topological polar surface area (TPSA) is 70.2 Å². The molecule has 0 saturated heterocycles. The summed E-state index contributed by atoms with van der Waals surface area (Å²) in [6.07, 6.45) is 0. The Balaban J connectivity index is 1.53. The zero-order chi connectivity index (χ0) is 34.5. The molecule has 2 atom stereocenters. The summed E-state index contributed by atoms with van der Waals surface area (Å²) in [4.78, 5) is 27.0. The van der Waals surface area contributed by atoms with Gasteiger partial charge in [0.25, 0.3) is 5.91 Å². The van der Waals surface area contributed by atoms with Gasteiger partial charge in [-0.15, -0.1) is 0 Å². The van der Waals surface area contributed by atoms with Crippen LogP contribution in [0, 0.1) is 54.7 Å². The van der Waals surface area contributed by atoms with Gasteiger partial charge in [0, 0.05) is 28.9 Å². The van der Waals surface area contributed by atoms with Crippen LogP contribution in [0.1, 0.15) is 93.9 Å². The van der Waals surface area contributed by atoms with Crippen molar-refractivity contribution in [3.05, 3.63) is 99.5 Å². The van der Waals surface area contributed by atoms with Gasteiger partial charge in [0.15, 0.2) is 0 Å². The molecular weight excluding hydrogens is 597 g/mol. The first-order valence-electron chi connectivity index (χ1n) is 15.9. The Kier molecular flexibility index (Phi) is 9.58. The van der Waals surface area contributed by atoms with Crippen molar-refractivity contribution >= 4 is 40.5 Å². The molecule has 246 valence electrons. The second-order valence-corrected chi connectivity index (χ2v) is 16.1. The van der Waals surface area contributed by atoms with Crippen LogP contribution in [0.3, 0.4) is 0 Å². The van der Waals surface area contributed by atoms with Crippen molar-refractivity contribution in [2.75, 3.05) is 16.0 Å². The molecule has 0 aliphatic heterocycles. The number of allylic oxidation sites excluding steroid dienone is 1. The first kappa shape index (κ1) is 35.2. The first-order valence-corrected chi connectivity index (χ1v) is 16.3. The van der Waals surface area contributed by atoms with E-state index in [0.29, 0.717) is 22.9 Å². The fourth-order valence-electron chi connectivity index (χ4n) is 7.35. The largest absolute Gasteiger partial charge is 0.359 e. The molecule has 3 aromatic carbocycles. The highest BCUT2D eigenvalue weighted by molar-refractivity contribution is 6.34. The molecule has 0 spiro atoms. The molecule has 3 N–H and O–H groups in total. The van der Waals surface area contributed by atoms with Crippen LogP contribution in [-0.4, -0.2) is 11.8 Å². The minimum Gasteiger partial charge on any atom is -0.359 e. The lowest BCUT2D eigenvalue weighted by molar-refractivity contribution is -0.127. The van der Waals surface area contributed by atoms with Crippen LogP contribution in [0.5, 0.6) is 0 Å². The number of rotatable bonds is 8. The molecule has 1 aliphatic rings. The Morgan fingerprint density at radius 3 is 2.09 bits per heavy atom. The Bertz CT molecular complexity index is 1680. The Hall–Kier alpha value is -3.64. The predicted octanol–water partition coefficient (Wildman–Crippen LogP) is 10.7. The highest BCUT2D eigenvalue weighted by atomic mass is 35.5. The number of amides is 2. The van der Waals surface area contributed by atoms with Gasteiger partial charge in [-0.05, 0) is 95.5 Å². The van der Waals surface area contributed by atoms with Crippen molar-refractivity contribution in [1.29, 1.82) is 0 Å². The van der Waals surface area contributed by atoms with Gasteiger partial charge in [0.05, 0.1) is 16.3 Å². The van der Waals surface area contributed by atoms with E-state index in [2.05, 4.69) is 68.4 Å². The fourth-order valence-corrected chi connectivity index (χ4v) is 7.55. The minimum absolute atomic E-state index is 0.0332. The summed E-state index contributed by atoms with van der Waals surface area (Å²) in [5, 5.41) is 9.40.